The van der Waals surface area contributed by atoms with E-state index in [4.69, 9.17) is 5.73 Å². The van der Waals surface area contributed by atoms with Crippen molar-refractivity contribution in [1.82, 2.24) is 0 Å². The summed E-state index contributed by atoms with van der Waals surface area (Å²) in [4.78, 5) is 0. The molecule has 0 heterocycles. The number of nitrogens with two attached hydrogens (primary N) is 1. The largest absolute Gasteiger partial charge is 0.399 e. The first-order valence-corrected chi connectivity index (χ1v) is 6.23. The number of aryl methyl sites for hydroxylation is 2. The molecule has 2 aromatic carbocycles. The predicted molar refractivity (Wildman–Crippen MR) is 77.8 cm³/mol. The molecule has 0 radical (unpaired) electrons. The first kappa shape index (κ1) is 12.0. The van der Waals surface area contributed by atoms with Gasteiger partial charge in [-0.15, -0.1) is 0 Å². The molecule has 0 aliphatic heterocycles. The number of nitrogens with one attached hydrogen (secondary N) is 1. The van der Waals surface area contributed by atoms with E-state index in [1.165, 1.54) is 5.56 Å². The molecule has 0 amide bonds. The minimum Gasteiger partial charge on any atom is -0.399 e. The molecule has 0 saturated carbocycles. The highest BCUT2D eigenvalue weighted by atomic mass is 79.9. The van der Waals surface area contributed by atoms with Crippen LogP contribution in [-0.4, -0.2) is 0 Å². The van der Waals surface area contributed by atoms with E-state index in [1.54, 1.807) is 0 Å². The van der Waals surface area contributed by atoms with E-state index in [0.717, 1.165) is 27.1 Å². The summed E-state index contributed by atoms with van der Waals surface area (Å²) in [6, 6.07) is 12.2. The average Bonchev–Trinajstić information content (AvgIpc) is 2.13. The topological polar surface area (TPSA) is 38.0 Å². The van der Waals surface area contributed by atoms with Crippen LogP contribution in [0, 0.1) is 13.8 Å². The highest BCUT2D eigenvalue weighted by molar-refractivity contribution is 9.10. The second-order valence-corrected chi connectivity index (χ2v) is 5.19. The highest BCUT2D eigenvalue weighted by Gasteiger charge is 1.99. The van der Waals surface area contributed by atoms with Gasteiger partial charge in [-0.25, -0.2) is 0 Å². The second-order valence-electron chi connectivity index (χ2n) is 4.27. The molecule has 17 heavy (non-hydrogen) atoms. The van der Waals surface area contributed by atoms with Crippen LogP contribution in [0.5, 0.6) is 0 Å². The number of anilines is 3. The molecular weight excluding hydrogens is 276 g/mol. The van der Waals surface area contributed by atoms with Crippen LogP contribution in [0.25, 0.3) is 0 Å². The van der Waals surface area contributed by atoms with E-state index in [2.05, 4.69) is 46.4 Å². The quantitative estimate of drug-likeness (QED) is 0.805. The maximum atomic E-state index is 5.82. The van der Waals surface area contributed by atoms with Crippen LogP contribution in [-0.2, 0) is 0 Å². The van der Waals surface area contributed by atoms with E-state index >= 15 is 0 Å². The molecule has 3 heteroatoms. The van der Waals surface area contributed by atoms with Gasteiger partial charge in [-0.2, -0.15) is 0 Å². The van der Waals surface area contributed by atoms with Gasteiger partial charge in [0.25, 0.3) is 0 Å². The molecule has 0 aliphatic carbocycles. The normalized spacial score (nSPS) is 10.3. The zero-order valence-electron chi connectivity index (χ0n) is 9.92. The summed E-state index contributed by atoms with van der Waals surface area (Å²) in [5, 5.41) is 3.36. The lowest BCUT2D eigenvalue weighted by molar-refractivity contribution is 1.41. The van der Waals surface area contributed by atoms with Gasteiger partial charge in [0.05, 0.1) is 0 Å². The number of hydrogen-bond acceptors (Lipinski definition) is 2. The summed E-state index contributed by atoms with van der Waals surface area (Å²) in [7, 11) is 0. The van der Waals surface area contributed by atoms with Crippen molar-refractivity contribution in [3.63, 3.8) is 0 Å². The van der Waals surface area contributed by atoms with Gasteiger partial charge in [0.2, 0.25) is 0 Å². The van der Waals surface area contributed by atoms with Crippen molar-refractivity contribution in [3.05, 3.63) is 52.0 Å². The van der Waals surface area contributed by atoms with Crippen molar-refractivity contribution in [2.24, 2.45) is 0 Å². The Hall–Kier alpha value is -1.48. The third-order valence-electron chi connectivity index (χ3n) is 2.43. The van der Waals surface area contributed by atoms with Gasteiger partial charge in [0.1, 0.15) is 0 Å². The molecule has 2 nitrogen and oxygen atoms in total. The standard InChI is InChI=1S/C14H15BrN2/c1-9-3-11(15)7-13(5-9)17-14-6-10(2)4-12(16)8-14/h3-8,17H,16H2,1-2H3. The Bertz CT molecular complexity index is 460. The lowest BCUT2D eigenvalue weighted by atomic mass is 10.1. The number of rotatable bonds is 2. The van der Waals surface area contributed by atoms with Gasteiger partial charge in [-0.05, 0) is 61.4 Å². The van der Waals surface area contributed by atoms with Gasteiger partial charge in [-0.3, -0.25) is 0 Å². The van der Waals surface area contributed by atoms with Crippen LogP contribution in [0.2, 0.25) is 0 Å². The first-order valence-electron chi connectivity index (χ1n) is 5.44. The van der Waals surface area contributed by atoms with Crippen molar-refractivity contribution in [1.29, 1.82) is 0 Å². The summed E-state index contributed by atoms with van der Waals surface area (Å²) in [6.07, 6.45) is 0. The third-order valence-corrected chi connectivity index (χ3v) is 2.89. The lowest BCUT2D eigenvalue weighted by Crippen LogP contribution is -1.94. The van der Waals surface area contributed by atoms with E-state index in [-0.39, 0.29) is 0 Å². The van der Waals surface area contributed by atoms with Gasteiger partial charge in [0, 0.05) is 21.5 Å². The van der Waals surface area contributed by atoms with E-state index < -0.39 is 0 Å². The monoisotopic (exact) mass is 290 g/mol. The van der Waals surface area contributed by atoms with Gasteiger partial charge in [0.15, 0.2) is 0 Å². The molecule has 0 spiro atoms. The zero-order chi connectivity index (χ0) is 12.4. The Morgan fingerprint density at radius 3 is 2.06 bits per heavy atom. The van der Waals surface area contributed by atoms with E-state index in [9.17, 15) is 0 Å². The molecule has 0 unspecified atom stereocenters. The molecule has 0 aliphatic rings. The van der Waals surface area contributed by atoms with Crippen LogP contribution < -0.4 is 11.1 Å². The van der Waals surface area contributed by atoms with Crippen molar-refractivity contribution in [2.75, 3.05) is 11.1 Å². The summed E-state index contributed by atoms with van der Waals surface area (Å²) >= 11 is 3.49. The van der Waals surface area contributed by atoms with Crippen LogP contribution >= 0.6 is 15.9 Å². The molecule has 0 saturated heterocycles. The average molecular weight is 291 g/mol. The first-order chi connectivity index (χ1) is 8.02. The van der Waals surface area contributed by atoms with Gasteiger partial charge < -0.3 is 11.1 Å². The number of halogens is 1. The zero-order valence-corrected chi connectivity index (χ0v) is 11.5. The van der Waals surface area contributed by atoms with Crippen LogP contribution in [0.15, 0.2) is 40.9 Å². The van der Waals surface area contributed by atoms with Crippen molar-refractivity contribution >= 4 is 33.0 Å². The van der Waals surface area contributed by atoms with E-state index in [0.29, 0.717) is 0 Å². The van der Waals surface area contributed by atoms with Crippen LogP contribution in [0.4, 0.5) is 17.1 Å². The molecule has 2 rings (SSSR count). The summed E-state index contributed by atoms with van der Waals surface area (Å²) in [5.74, 6) is 0. The third kappa shape index (κ3) is 3.24. The van der Waals surface area contributed by atoms with Crippen LogP contribution in [0.3, 0.4) is 0 Å². The van der Waals surface area contributed by atoms with Crippen molar-refractivity contribution < 1.29 is 0 Å². The molecule has 0 atom stereocenters. The minimum absolute atomic E-state index is 0.777. The number of nitrogen functional groups attached to an aromatic ring is 1. The Morgan fingerprint density at radius 1 is 0.882 bits per heavy atom. The number of hydrogen-bond donors (Lipinski definition) is 2. The van der Waals surface area contributed by atoms with Crippen molar-refractivity contribution in [3.8, 4) is 0 Å². The van der Waals surface area contributed by atoms with Crippen molar-refractivity contribution in [2.45, 2.75) is 13.8 Å². The molecule has 88 valence electrons. The fraction of sp³-hybridized carbons (Fsp3) is 0.143. The molecular formula is C14H15BrN2. The maximum Gasteiger partial charge on any atom is 0.0407 e. The smallest absolute Gasteiger partial charge is 0.0407 e. The molecule has 0 aromatic heterocycles. The minimum atomic E-state index is 0.777. The Labute approximate surface area is 110 Å². The molecule has 0 bridgehead atoms. The fourth-order valence-electron chi connectivity index (χ4n) is 1.86. The Balaban J connectivity index is 2.31. The molecule has 3 N–H and O–H groups in total. The molecule has 2 aromatic rings. The van der Waals surface area contributed by atoms with Crippen LogP contribution in [0.1, 0.15) is 11.1 Å². The number of benzene rings is 2. The van der Waals surface area contributed by atoms with Gasteiger partial charge in [-0.1, -0.05) is 15.9 Å². The summed E-state index contributed by atoms with van der Waals surface area (Å²) in [5.41, 5.74) is 11.0. The SMILES string of the molecule is Cc1cc(N)cc(Nc2cc(C)cc(Br)c2)c1. The van der Waals surface area contributed by atoms with Gasteiger partial charge >= 0.3 is 0 Å². The molecule has 0 fully saturated rings. The highest BCUT2D eigenvalue weighted by Crippen LogP contribution is 2.24. The second kappa shape index (κ2) is 4.80. The fourth-order valence-corrected chi connectivity index (χ4v) is 2.47. The van der Waals surface area contributed by atoms with E-state index in [1.807, 2.05) is 25.1 Å². The summed E-state index contributed by atoms with van der Waals surface area (Å²) < 4.78 is 1.07. The Kier molecular flexibility index (Phi) is 3.38. The maximum absolute atomic E-state index is 5.82. The summed E-state index contributed by atoms with van der Waals surface area (Å²) in [6.45, 7) is 4.11. The predicted octanol–water partition coefficient (Wildman–Crippen LogP) is 4.39. The Morgan fingerprint density at radius 2 is 1.47 bits per heavy atom. The lowest BCUT2D eigenvalue weighted by Gasteiger charge is -2.10.